The molecule has 0 aliphatic carbocycles. The minimum absolute atomic E-state index is 0. The normalized spacial score (nSPS) is 20.2. The van der Waals surface area contributed by atoms with Crippen LogP contribution in [-0.2, 0) is 9.53 Å². The molecule has 0 fully saturated rings. The monoisotopic (exact) mass is 528 g/mol. The average molecular weight is 530 g/mol. The first-order valence-corrected chi connectivity index (χ1v) is 13.4. The highest BCUT2D eigenvalue weighted by atomic mass is 79.9. The smallest absolute Gasteiger partial charge is 0.348 e. The van der Waals surface area contributed by atoms with Gasteiger partial charge in [-0.05, 0) is 27.2 Å². The number of unbranched alkanes of at least 4 members (excludes halogenated alkanes) is 11. The highest BCUT2D eigenvalue weighted by Gasteiger charge is 2.53. The summed E-state index contributed by atoms with van der Waals surface area (Å²) in [6.07, 6.45) is 17.6. The average Bonchev–Trinajstić information content (AvgIpc) is 2.97. The predicted molar refractivity (Wildman–Crippen MR) is 132 cm³/mol. The third-order valence-electron chi connectivity index (χ3n) is 7.31. The lowest BCUT2D eigenvalue weighted by Crippen LogP contribution is -3.00. The molecule has 0 aromatic rings. The van der Waals surface area contributed by atoms with E-state index in [4.69, 9.17) is 4.74 Å². The van der Waals surface area contributed by atoms with Crippen molar-refractivity contribution >= 4 is 11.8 Å². The van der Waals surface area contributed by atoms with E-state index < -0.39 is 5.72 Å². The van der Waals surface area contributed by atoms with Gasteiger partial charge in [0, 0.05) is 24.0 Å². The maximum absolute atomic E-state index is 12.1. The fourth-order valence-corrected chi connectivity index (χ4v) is 5.32. The molecule has 0 spiro atoms. The molecular weight excluding hydrogens is 480 g/mol. The highest BCUT2D eigenvalue weighted by Crippen LogP contribution is 2.39. The number of ether oxygens (including phenoxy) is 1. The minimum atomic E-state index is -0.898. The van der Waals surface area contributed by atoms with Crippen LogP contribution in [0.4, 0.5) is 0 Å². The largest absolute Gasteiger partial charge is 1.00 e. The summed E-state index contributed by atoms with van der Waals surface area (Å²) in [4.78, 5) is 14.2. The molecule has 1 unspecified atom stereocenters. The van der Waals surface area contributed by atoms with Crippen LogP contribution in [0.2, 0.25) is 0 Å². The molecule has 0 aromatic heterocycles. The van der Waals surface area contributed by atoms with Crippen molar-refractivity contribution in [3.8, 4) is 0 Å². The molecule has 1 N–H and O–H groups in total. The Balaban J connectivity index is 0.00000544. The summed E-state index contributed by atoms with van der Waals surface area (Å²) in [5, 5.41) is 11.6. The Hall–Kier alpha value is -0.880. The van der Waals surface area contributed by atoms with E-state index in [9.17, 15) is 9.90 Å². The van der Waals surface area contributed by atoms with Gasteiger partial charge in [0.1, 0.15) is 0 Å². The van der Waals surface area contributed by atoms with E-state index in [1.165, 1.54) is 70.6 Å². The first-order valence-electron chi connectivity index (χ1n) is 13.4. The summed E-state index contributed by atoms with van der Waals surface area (Å²) in [5.41, 5.74) is 1.27. The van der Waals surface area contributed by atoms with E-state index in [1.54, 1.807) is 0 Å². The van der Waals surface area contributed by atoms with Crippen molar-refractivity contribution < 1.29 is 36.2 Å². The topological polar surface area (TPSA) is 52.8 Å². The molecule has 1 atom stereocenters. The summed E-state index contributed by atoms with van der Waals surface area (Å²) in [5.74, 6) is 0.840. The molecule has 2 heterocycles. The number of carbonyl (C=O) groups is 1. The Morgan fingerprint density at radius 2 is 1.52 bits per heavy atom. The Kier molecular flexibility index (Phi) is 14.5. The molecule has 2 rings (SSSR count). The third kappa shape index (κ3) is 8.69. The molecular formula is C27H49BrN2O3. The van der Waals surface area contributed by atoms with Crippen LogP contribution in [0.1, 0.15) is 118 Å². The molecule has 0 aromatic carbocycles. The fraction of sp³-hybridized carbons (Fsp3) is 0.852. The highest BCUT2D eigenvalue weighted by molar-refractivity contribution is 5.99. The van der Waals surface area contributed by atoms with Crippen molar-refractivity contribution in [2.45, 2.75) is 123 Å². The summed E-state index contributed by atoms with van der Waals surface area (Å²) in [7, 11) is 0. The molecule has 6 heteroatoms. The van der Waals surface area contributed by atoms with E-state index >= 15 is 0 Å². The Morgan fingerprint density at radius 1 is 0.970 bits per heavy atom. The summed E-state index contributed by atoms with van der Waals surface area (Å²) in [6.45, 7) is 10.6. The zero-order valence-corrected chi connectivity index (χ0v) is 23.4. The van der Waals surface area contributed by atoms with Gasteiger partial charge in [0.15, 0.2) is 6.54 Å². The maximum Gasteiger partial charge on any atom is 0.348 e. The lowest BCUT2D eigenvalue weighted by atomic mass is 9.96. The Bertz CT molecular complexity index is 662. The van der Waals surface area contributed by atoms with Crippen molar-refractivity contribution in [2.75, 3.05) is 26.2 Å². The van der Waals surface area contributed by atoms with Crippen LogP contribution >= 0.6 is 0 Å². The van der Waals surface area contributed by atoms with Crippen LogP contribution in [0.25, 0.3) is 0 Å². The molecule has 0 saturated carbocycles. The molecule has 192 valence electrons. The van der Waals surface area contributed by atoms with Crippen molar-refractivity contribution in [1.29, 1.82) is 0 Å². The lowest BCUT2D eigenvalue weighted by molar-refractivity contribution is -0.530. The molecule has 0 amide bonds. The van der Waals surface area contributed by atoms with Gasteiger partial charge in [-0.1, -0.05) is 77.6 Å². The molecule has 2 aliphatic heterocycles. The van der Waals surface area contributed by atoms with E-state index in [0.717, 1.165) is 49.3 Å². The van der Waals surface area contributed by atoms with E-state index in [-0.39, 0.29) is 29.5 Å². The number of amidine groups is 1. The number of esters is 1. The molecule has 5 nitrogen and oxygen atoms in total. The summed E-state index contributed by atoms with van der Waals surface area (Å²) >= 11 is 0. The van der Waals surface area contributed by atoms with Gasteiger partial charge in [-0.15, -0.1) is 0 Å². The lowest BCUT2D eigenvalue weighted by Gasteiger charge is -2.34. The molecule has 0 bridgehead atoms. The van der Waals surface area contributed by atoms with Crippen LogP contribution in [0.5, 0.6) is 0 Å². The van der Waals surface area contributed by atoms with Crippen LogP contribution in [0, 0.1) is 0 Å². The second kappa shape index (κ2) is 15.9. The molecule has 2 aliphatic rings. The van der Waals surface area contributed by atoms with E-state index in [2.05, 4.69) is 30.2 Å². The third-order valence-corrected chi connectivity index (χ3v) is 7.31. The number of rotatable bonds is 16. The van der Waals surface area contributed by atoms with Crippen LogP contribution in [0.3, 0.4) is 0 Å². The molecule has 0 saturated heterocycles. The number of hydrogen-bond acceptors (Lipinski definition) is 4. The molecule has 0 radical (unpaired) electrons. The number of halogens is 1. The zero-order chi connectivity index (χ0) is 23.4. The fourth-order valence-electron chi connectivity index (χ4n) is 5.32. The SMILES string of the molecule is CCCCCCCCCCCCCCC1(O)C(C)=C(C)C2=[N+](CC(=O)OCC)CCCN21.[Br-]. The van der Waals surface area contributed by atoms with Crippen LogP contribution in [0.15, 0.2) is 11.1 Å². The van der Waals surface area contributed by atoms with Gasteiger partial charge in [0.05, 0.1) is 19.7 Å². The summed E-state index contributed by atoms with van der Waals surface area (Å²) < 4.78 is 7.26. The first kappa shape index (κ1) is 30.2. The van der Waals surface area contributed by atoms with E-state index in [1.807, 2.05) is 6.92 Å². The second-order valence-corrected chi connectivity index (χ2v) is 9.76. The molecule has 33 heavy (non-hydrogen) atoms. The second-order valence-electron chi connectivity index (χ2n) is 9.76. The number of carbonyl (C=O) groups excluding carboxylic acids is 1. The Morgan fingerprint density at radius 3 is 2.06 bits per heavy atom. The van der Waals surface area contributed by atoms with Gasteiger partial charge < -0.3 is 26.8 Å². The number of hydrogen-bond donors (Lipinski definition) is 1. The summed E-state index contributed by atoms with van der Waals surface area (Å²) in [6, 6.07) is 0. The maximum atomic E-state index is 12.1. The number of nitrogens with zero attached hydrogens (tertiary/aromatic N) is 2. The minimum Gasteiger partial charge on any atom is -1.00 e. The number of aliphatic hydroxyl groups is 1. The van der Waals surface area contributed by atoms with Crippen molar-refractivity contribution in [3.63, 3.8) is 0 Å². The van der Waals surface area contributed by atoms with Crippen LogP contribution in [-0.4, -0.2) is 58.4 Å². The van der Waals surface area contributed by atoms with Gasteiger partial charge in [-0.25, -0.2) is 9.69 Å². The quantitative estimate of drug-likeness (QED) is 0.190. The van der Waals surface area contributed by atoms with Gasteiger partial charge in [0.2, 0.25) is 5.72 Å². The van der Waals surface area contributed by atoms with Crippen LogP contribution < -0.4 is 17.0 Å². The van der Waals surface area contributed by atoms with Gasteiger partial charge >= 0.3 is 5.97 Å². The van der Waals surface area contributed by atoms with Crippen molar-refractivity contribution in [1.82, 2.24) is 4.90 Å². The van der Waals surface area contributed by atoms with Gasteiger partial charge in [0.25, 0.3) is 5.84 Å². The van der Waals surface area contributed by atoms with Crippen molar-refractivity contribution in [2.24, 2.45) is 0 Å². The Labute approximate surface area is 213 Å². The van der Waals surface area contributed by atoms with E-state index in [0.29, 0.717) is 6.61 Å². The van der Waals surface area contributed by atoms with Crippen molar-refractivity contribution in [3.05, 3.63) is 11.1 Å². The standard InChI is InChI=1S/C27H49N2O3.BrH/c1-5-7-8-9-10-11-12-13-14-15-16-17-19-27(31)24(4)23(3)26-28(20-18-21-29(26)27)22-25(30)32-6-2;/h31H,5-22H2,1-4H3;1H/q+1;/p-1. The number of fused-ring (bicyclic) bond motifs is 1. The van der Waals surface area contributed by atoms with Gasteiger partial charge in [-0.2, -0.15) is 0 Å². The zero-order valence-electron chi connectivity index (χ0n) is 21.8. The predicted octanol–water partition coefficient (Wildman–Crippen LogP) is 2.80. The van der Waals surface area contributed by atoms with Gasteiger partial charge in [-0.3, -0.25) is 4.58 Å². The first-order chi connectivity index (χ1) is 15.5.